The van der Waals surface area contributed by atoms with Gasteiger partial charge in [-0.1, -0.05) is 35.9 Å². The van der Waals surface area contributed by atoms with E-state index in [1.165, 1.54) is 5.56 Å². The molecule has 0 aliphatic heterocycles. The third-order valence-electron chi connectivity index (χ3n) is 2.58. The van der Waals surface area contributed by atoms with Crippen LogP contribution in [0.3, 0.4) is 0 Å². The fourth-order valence-electron chi connectivity index (χ4n) is 1.58. The van der Waals surface area contributed by atoms with Crippen LogP contribution < -0.4 is 0 Å². The van der Waals surface area contributed by atoms with Gasteiger partial charge in [-0.25, -0.2) is 4.79 Å². The zero-order chi connectivity index (χ0) is 13.0. The van der Waals surface area contributed by atoms with Gasteiger partial charge in [-0.05, 0) is 25.1 Å². The molecule has 0 atom stereocenters. The van der Waals surface area contributed by atoms with Crippen molar-refractivity contribution in [2.45, 2.75) is 6.92 Å². The van der Waals surface area contributed by atoms with Crippen LogP contribution in [0.5, 0.6) is 0 Å². The molecule has 0 saturated heterocycles. The average molecular weight is 239 g/mol. The Morgan fingerprint density at radius 2 is 1.78 bits per heavy atom. The number of nitrogens with zero attached hydrogens (tertiary/aromatic N) is 1. The maximum Gasteiger partial charge on any atom is 0.336 e. The second kappa shape index (κ2) is 5.27. The van der Waals surface area contributed by atoms with Crippen LogP contribution >= 0.6 is 0 Å². The standard InChI is InChI=1S/C15H13NO2/c1-11-6-8-13(9-7-11)16-10-12-4-2-3-5-14(12)15(17)18/h2-10H,1H3,(H,17,18). The highest BCUT2D eigenvalue weighted by Gasteiger charge is 2.06. The summed E-state index contributed by atoms with van der Waals surface area (Å²) in [6.07, 6.45) is 1.58. The van der Waals surface area contributed by atoms with Crippen molar-refractivity contribution in [3.05, 3.63) is 65.2 Å². The topological polar surface area (TPSA) is 49.7 Å². The zero-order valence-corrected chi connectivity index (χ0v) is 10.00. The molecule has 90 valence electrons. The summed E-state index contributed by atoms with van der Waals surface area (Å²) in [4.78, 5) is 15.3. The van der Waals surface area contributed by atoms with Gasteiger partial charge in [0.05, 0.1) is 11.3 Å². The van der Waals surface area contributed by atoms with Crippen LogP contribution in [0.1, 0.15) is 21.5 Å². The second-order valence-electron chi connectivity index (χ2n) is 3.99. The zero-order valence-electron chi connectivity index (χ0n) is 10.00. The van der Waals surface area contributed by atoms with Gasteiger partial charge in [-0.3, -0.25) is 4.99 Å². The number of hydrogen-bond donors (Lipinski definition) is 1. The maximum atomic E-state index is 11.0. The normalized spacial score (nSPS) is 10.7. The quantitative estimate of drug-likeness (QED) is 0.834. The Morgan fingerprint density at radius 1 is 1.11 bits per heavy atom. The molecule has 0 bridgehead atoms. The molecule has 2 aromatic carbocycles. The fraction of sp³-hybridized carbons (Fsp3) is 0.0667. The third-order valence-corrected chi connectivity index (χ3v) is 2.58. The molecule has 0 radical (unpaired) electrons. The van der Waals surface area contributed by atoms with E-state index in [4.69, 9.17) is 5.11 Å². The molecular formula is C15H13NO2. The molecule has 0 amide bonds. The van der Waals surface area contributed by atoms with Gasteiger partial charge in [0.25, 0.3) is 0 Å². The van der Waals surface area contributed by atoms with Crippen molar-refractivity contribution >= 4 is 17.9 Å². The van der Waals surface area contributed by atoms with E-state index in [0.29, 0.717) is 5.56 Å². The number of carboxylic acids is 1. The van der Waals surface area contributed by atoms with Crippen molar-refractivity contribution in [1.82, 2.24) is 0 Å². The first-order chi connectivity index (χ1) is 8.66. The lowest BCUT2D eigenvalue weighted by Gasteiger charge is -1.99. The van der Waals surface area contributed by atoms with E-state index in [1.807, 2.05) is 31.2 Å². The number of aryl methyl sites for hydroxylation is 1. The molecule has 0 aromatic heterocycles. The van der Waals surface area contributed by atoms with Crippen molar-refractivity contribution in [2.75, 3.05) is 0 Å². The highest BCUT2D eigenvalue weighted by molar-refractivity contribution is 5.98. The van der Waals surface area contributed by atoms with Crippen LogP contribution in [0.2, 0.25) is 0 Å². The molecule has 0 saturated carbocycles. The highest BCUT2D eigenvalue weighted by atomic mass is 16.4. The SMILES string of the molecule is Cc1ccc(N=Cc2ccccc2C(=O)O)cc1. The van der Waals surface area contributed by atoms with Crippen LogP contribution in [-0.2, 0) is 0 Å². The summed E-state index contributed by atoms with van der Waals surface area (Å²) in [6, 6.07) is 14.5. The highest BCUT2D eigenvalue weighted by Crippen LogP contribution is 2.13. The number of aromatic carboxylic acids is 1. The Hall–Kier alpha value is -2.42. The molecule has 0 fully saturated rings. The van der Waals surface area contributed by atoms with Gasteiger partial charge in [-0.2, -0.15) is 0 Å². The summed E-state index contributed by atoms with van der Waals surface area (Å²) in [5, 5.41) is 9.04. The van der Waals surface area contributed by atoms with Crippen LogP contribution in [0.4, 0.5) is 5.69 Å². The number of hydrogen-bond acceptors (Lipinski definition) is 2. The molecule has 2 aromatic rings. The van der Waals surface area contributed by atoms with Gasteiger partial charge in [0.15, 0.2) is 0 Å². The number of carbonyl (C=O) groups is 1. The lowest BCUT2D eigenvalue weighted by atomic mass is 10.1. The first-order valence-corrected chi connectivity index (χ1v) is 5.60. The molecule has 3 heteroatoms. The van der Waals surface area contributed by atoms with Crippen molar-refractivity contribution in [2.24, 2.45) is 4.99 Å². The molecule has 1 N–H and O–H groups in total. The minimum atomic E-state index is -0.944. The third kappa shape index (κ3) is 2.83. The van der Waals surface area contributed by atoms with Crippen molar-refractivity contribution < 1.29 is 9.90 Å². The predicted octanol–water partition coefficient (Wildman–Crippen LogP) is 3.44. The molecule has 2 rings (SSSR count). The fourth-order valence-corrected chi connectivity index (χ4v) is 1.58. The van der Waals surface area contributed by atoms with E-state index in [-0.39, 0.29) is 5.56 Å². The van der Waals surface area contributed by atoms with E-state index in [9.17, 15) is 4.79 Å². The monoisotopic (exact) mass is 239 g/mol. The summed E-state index contributed by atoms with van der Waals surface area (Å²) < 4.78 is 0. The van der Waals surface area contributed by atoms with E-state index in [0.717, 1.165) is 5.69 Å². The molecule has 0 heterocycles. The molecule has 18 heavy (non-hydrogen) atoms. The summed E-state index contributed by atoms with van der Waals surface area (Å²) >= 11 is 0. The van der Waals surface area contributed by atoms with Gasteiger partial charge < -0.3 is 5.11 Å². The van der Waals surface area contributed by atoms with E-state index < -0.39 is 5.97 Å². The summed E-state index contributed by atoms with van der Waals surface area (Å²) in [5.41, 5.74) is 2.83. The number of aliphatic imine (C=N–C) groups is 1. The summed E-state index contributed by atoms with van der Waals surface area (Å²) in [5.74, 6) is -0.944. The van der Waals surface area contributed by atoms with Crippen molar-refractivity contribution in [1.29, 1.82) is 0 Å². The van der Waals surface area contributed by atoms with E-state index in [2.05, 4.69) is 4.99 Å². The predicted molar refractivity (Wildman–Crippen MR) is 71.8 cm³/mol. The lowest BCUT2D eigenvalue weighted by molar-refractivity contribution is 0.0697. The largest absolute Gasteiger partial charge is 0.478 e. The first-order valence-electron chi connectivity index (χ1n) is 5.60. The Labute approximate surface area is 105 Å². The molecule has 0 unspecified atom stereocenters. The number of benzene rings is 2. The van der Waals surface area contributed by atoms with Gasteiger partial charge >= 0.3 is 5.97 Å². The smallest absolute Gasteiger partial charge is 0.336 e. The van der Waals surface area contributed by atoms with E-state index in [1.54, 1.807) is 30.5 Å². The first kappa shape index (κ1) is 12.0. The van der Waals surface area contributed by atoms with Gasteiger partial charge in [0.2, 0.25) is 0 Å². The molecule has 0 spiro atoms. The van der Waals surface area contributed by atoms with E-state index >= 15 is 0 Å². The molecular weight excluding hydrogens is 226 g/mol. The second-order valence-corrected chi connectivity index (χ2v) is 3.99. The molecule has 0 aliphatic carbocycles. The Bertz CT molecular complexity index is 586. The van der Waals surface area contributed by atoms with Crippen LogP contribution in [0, 0.1) is 6.92 Å². The summed E-state index contributed by atoms with van der Waals surface area (Å²) in [6.45, 7) is 2.01. The minimum absolute atomic E-state index is 0.258. The number of rotatable bonds is 3. The average Bonchev–Trinajstić information content (AvgIpc) is 2.38. The maximum absolute atomic E-state index is 11.0. The molecule has 0 aliphatic rings. The lowest BCUT2D eigenvalue weighted by Crippen LogP contribution is -2.00. The van der Waals surface area contributed by atoms with Gasteiger partial charge in [-0.15, -0.1) is 0 Å². The summed E-state index contributed by atoms with van der Waals surface area (Å²) in [7, 11) is 0. The minimum Gasteiger partial charge on any atom is -0.478 e. The van der Waals surface area contributed by atoms with Gasteiger partial charge in [0.1, 0.15) is 0 Å². The molecule has 3 nitrogen and oxygen atoms in total. The van der Waals surface area contributed by atoms with Crippen molar-refractivity contribution in [3.8, 4) is 0 Å². The van der Waals surface area contributed by atoms with Gasteiger partial charge in [0, 0.05) is 11.8 Å². The van der Waals surface area contributed by atoms with Crippen LogP contribution in [-0.4, -0.2) is 17.3 Å². The van der Waals surface area contributed by atoms with Crippen molar-refractivity contribution in [3.63, 3.8) is 0 Å². The van der Waals surface area contributed by atoms with Crippen LogP contribution in [0.25, 0.3) is 0 Å². The Morgan fingerprint density at radius 3 is 2.44 bits per heavy atom. The van der Waals surface area contributed by atoms with Crippen LogP contribution in [0.15, 0.2) is 53.5 Å². The Kier molecular flexibility index (Phi) is 3.53. The Balaban J connectivity index is 2.29. The number of carboxylic acid groups (broad SMARTS) is 1.